The Hall–Kier alpha value is -2.28. The van der Waals surface area contributed by atoms with Gasteiger partial charge in [-0.25, -0.2) is 8.42 Å². The fourth-order valence-electron chi connectivity index (χ4n) is 3.32. The van der Waals surface area contributed by atoms with Gasteiger partial charge in [0.2, 0.25) is 15.9 Å². The molecule has 26 heavy (non-hydrogen) atoms. The first-order valence-electron chi connectivity index (χ1n) is 8.92. The molecule has 0 saturated carbocycles. The van der Waals surface area contributed by atoms with Crippen LogP contribution in [-0.2, 0) is 14.8 Å². The minimum atomic E-state index is -3.22. The van der Waals surface area contributed by atoms with Crippen LogP contribution in [0.25, 0.3) is 0 Å². The van der Waals surface area contributed by atoms with Crippen LogP contribution in [0.3, 0.4) is 0 Å². The molecule has 1 aromatic heterocycles. The van der Waals surface area contributed by atoms with Gasteiger partial charge >= 0.3 is 0 Å². The Morgan fingerprint density at radius 2 is 1.73 bits per heavy atom. The van der Waals surface area contributed by atoms with Crippen LogP contribution < -0.4 is 9.62 Å². The summed E-state index contributed by atoms with van der Waals surface area (Å²) in [4.78, 5) is 12.7. The lowest BCUT2D eigenvalue weighted by Gasteiger charge is -2.28. The van der Waals surface area contributed by atoms with Crippen molar-refractivity contribution in [3.05, 3.63) is 48.8 Å². The number of nitrogens with zero attached hydrogens (tertiary/aromatic N) is 2. The molecule has 0 spiro atoms. The first-order valence-corrected chi connectivity index (χ1v) is 10.5. The summed E-state index contributed by atoms with van der Waals surface area (Å²) >= 11 is 0. The van der Waals surface area contributed by atoms with E-state index in [0.717, 1.165) is 6.42 Å². The first kappa shape index (κ1) is 18.5. The van der Waals surface area contributed by atoms with E-state index in [1.165, 1.54) is 4.31 Å². The summed E-state index contributed by atoms with van der Waals surface area (Å²) in [7, 11) is -3.22. The second-order valence-corrected chi connectivity index (χ2v) is 8.96. The predicted octanol–water partition coefficient (Wildman–Crippen LogP) is 3.25. The highest BCUT2D eigenvalue weighted by Crippen LogP contribution is 2.26. The summed E-state index contributed by atoms with van der Waals surface area (Å²) in [5.41, 5.74) is 1.31. The Balaban J connectivity index is 1.74. The number of amides is 1. The van der Waals surface area contributed by atoms with E-state index in [2.05, 4.69) is 5.32 Å². The lowest BCUT2D eigenvalue weighted by atomic mass is 10.0. The number of nitrogens with one attached hydrogen (secondary N) is 1. The summed E-state index contributed by atoms with van der Waals surface area (Å²) in [5.74, 6) is 0.244. The Kier molecular flexibility index (Phi) is 5.36. The molecule has 140 valence electrons. The zero-order valence-electron chi connectivity index (χ0n) is 15.1. The number of carbonyl (C=O) groups is 1. The Labute approximate surface area is 154 Å². The molecule has 1 atom stereocenters. The van der Waals surface area contributed by atoms with E-state index in [-0.39, 0.29) is 23.6 Å². The molecule has 0 bridgehead atoms. The van der Waals surface area contributed by atoms with E-state index in [4.69, 9.17) is 0 Å². The van der Waals surface area contributed by atoms with E-state index < -0.39 is 10.0 Å². The van der Waals surface area contributed by atoms with Gasteiger partial charge in [-0.3, -0.25) is 9.10 Å². The molecule has 0 radical (unpaired) electrons. The normalized spacial score (nSPS) is 17.9. The number of rotatable bonds is 5. The molecule has 1 aliphatic rings. The lowest BCUT2D eigenvalue weighted by Crippen LogP contribution is -2.37. The second-order valence-electron chi connectivity index (χ2n) is 6.95. The molecule has 1 aliphatic heterocycles. The third kappa shape index (κ3) is 3.93. The fourth-order valence-corrected chi connectivity index (χ4v) is 4.96. The van der Waals surface area contributed by atoms with E-state index in [9.17, 15) is 13.2 Å². The molecule has 1 saturated heterocycles. The van der Waals surface area contributed by atoms with Gasteiger partial charge < -0.3 is 9.88 Å². The third-order valence-electron chi connectivity index (χ3n) is 4.62. The minimum Gasteiger partial charge on any atom is -0.342 e. The predicted molar refractivity (Wildman–Crippen MR) is 104 cm³/mol. The molecule has 3 rings (SSSR count). The summed E-state index contributed by atoms with van der Waals surface area (Å²) in [5, 5.41) is 2.93. The molecule has 1 N–H and O–H groups in total. The smallest absolute Gasteiger partial charge is 0.247 e. The molecule has 1 fully saturated rings. The van der Waals surface area contributed by atoms with Crippen LogP contribution in [0, 0.1) is 5.92 Å². The molecule has 6 nitrogen and oxygen atoms in total. The average molecular weight is 375 g/mol. The van der Waals surface area contributed by atoms with E-state index in [0.29, 0.717) is 24.3 Å². The number of aromatic nitrogens is 1. The van der Waals surface area contributed by atoms with Crippen LogP contribution in [0.5, 0.6) is 0 Å². The van der Waals surface area contributed by atoms with Crippen LogP contribution in [0.15, 0.2) is 48.8 Å². The maximum absolute atomic E-state index is 12.7. The van der Waals surface area contributed by atoms with Gasteiger partial charge in [0.05, 0.1) is 11.4 Å². The molecule has 1 amide bonds. The molecule has 0 aliphatic carbocycles. The van der Waals surface area contributed by atoms with Crippen LogP contribution >= 0.6 is 0 Å². The van der Waals surface area contributed by atoms with Gasteiger partial charge in [0.15, 0.2) is 0 Å². The van der Waals surface area contributed by atoms with Crippen molar-refractivity contribution in [2.24, 2.45) is 5.92 Å². The maximum Gasteiger partial charge on any atom is 0.247 e. The van der Waals surface area contributed by atoms with Crippen molar-refractivity contribution in [1.82, 2.24) is 4.57 Å². The zero-order chi connectivity index (χ0) is 18.7. The van der Waals surface area contributed by atoms with Crippen molar-refractivity contribution in [1.29, 1.82) is 0 Å². The number of sulfonamides is 1. The lowest BCUT2D eigenvalue weighted by molar-refractivity contribution is -0.120. The summed E-state index contributed by atoms with van der Waals surface area (Å²) in [6.45, 7) is 4.53. The van der Waals surface area contributed by atoms with Crippen molar-refractivity contribution in [3.8, 4) is 0 Å². The van der Waals surface area contributed by atoms with Gasteiger partial charge in [-0.1, -0.05) is 13.8 Å². The summed E-state index contributed by atoms with van der Waals surface area (Å²) in [6.07, 6.45) is 5.34. The third-order valence-corrected chi connectivity index (χ3v) is 6.49. The molecular formula is C19H25N3O3S. The molecule has 1 aromatic carbocycles. The molecule has 1 unspecified atom stereocenters. The van der Waals surface area contributed by atoms with Gasteiger partial charge in [-0.2, -0.15) is 0 Å². The summed E-state index contributed by atoms with van der Waals surface area (Å²) in [6, 6.07) is 10.5. The topological polar surface area (TPSA) is 71.4 Å². The Bertz CT molecular complexity index is 843. The number of hydrogen-bond acceptors (Lipinski definition) is 3. The quantitative estimate of drug-likeness (QED) is 0.872. The highest BCUT2D eigenvalue weighted by atomic mass is 32.2. The monoisotopic (exact) mass is 375 g/mol. The fraction of sp³-hybridized carbons (Fsp3) is 0.421. The maximum atomic E-state index is 12.7. The van der Waals surface area contributed by atoms with Gasteiger partial charge in [0.25, 0.3) is 0 Å². The molecule has 2 heterocycles. The largest absolute Gasteiger partial charge is 0.342 e. The van der Waals surface area contributed by atoms with E-state index in [1.807, 2.05) is 42.9 Å². The summed E-state index contributed by atoms with van der Waals surface area (Å²) < 4.78 is 27.7. The van der Waals surface area contributed by atoms with Gasteiger partial charge in [0, 0.05) is 24.6 Å². The van der Waals surface area contributed by atoms with Crippen molar-refractivity contribution in [2.45, 2.75) is 32.7 Å². The molecule has 2 aromatic rings. The van der Waals surface area contributed by atoms with Gasteiger partial charge in [-0.15, -0.1) is 0 Å². The van der Waals surface area contributed by atoms with Crippen LogP contribution in [0.4, 0.5) is 11.4 Å². The Morgan fingerprint density at radius 1 is 1.08 bits per heavy atom. The highest BCUT2D eigenvalue weighted by Gasteiger charge is 2.26. The standard InChI is InChI=1S/C19H25N3O3S/c1-15(2)18(21-11-3-4-12-21)19(23)20-16-7-9-17(10-8-16)22-13-5-6-14-26(22,24)25/h3-4,7-12,15,18H,5-6,13-14H2,1-2H3,(H,20,23). The van der Waals surface area contributed by atoms with Crippen LogP contribution in [-0.4, -0.2) is 31.2 Å². The highest BCUT2D eigenvalue weighted by molar-refractivity contribution is 7.92. The Morgan fingerprint density at radius 3 is 2.31 bits per heavy atom. The van der Waals surface area contributed by atoms with Gasteiger partial charge in [0.1, 0.15) is 6.04 Å². The SMILES string of the molecule is CC(C)C(C(=O)Nc1ccc(N2CCCCS2(=O)=O)cc1)n1cccc1. The van der Waals surface area contributed by atoms with Crippen molar-refractivity contribution in [3.63, 3.8) is 0 Å². The number of benzene rings is 1. The average Bonchev–Trinajstić information content (AvgIpc) is 3.09. The number of carbonyl (C=O) groups excluding carboxylic acids is 1. The van der Waals surface area contributed by atoms with Crippen molar-refractivity contribution in [2.75, 3.05) is 21.9 Å². The van der Waals surface area contributed by atoms with E-state index >= 15 is 0 Å². The second kappa shape index (κ2) is 7.53. The molecular weight excluding hydrogens is 350 g/mol. The van der Waals surface area contributed by atoms with Crippen LogP contribution in [0.2, 0.25) is 0 Å². The number of anilines is 2. The molecule has 7 heteroatoms. The first-order chi connectivity index (χ1) is 12.4. The minimum absolute atomic E-state index is 0.0884. The zero-order valence-corrected chi connectivity index (χ0v) is 15.9. The van der Waals surface area contributed by atoms with E-state index in [1.54, 1.807) is 24.3 Å². The number of hydrogen-bond donors (Lipinski definition) is 1. The van der Waals surface area contributed by atoms with Crippen LogP contribution in [0.1, 0.15) is 32.7 Å². The van der Waals surface area contributed by atoms with Crippen molar-refractivity contribution >= 4 is 27.3 Å². The van der Waals surface area contributed by atoms with Crippen molar-refractivity contribution < 1.29 is 13.2 Å². The van der Waals surface area contributed by atoms with Gasteiger partial charge in [-0.05, 0) is 55.2 Å².